The number of benzene rings is 1. The van der Waals surface area contributed by atoms with E-state index in [0.29, 0.717) is 16.7 Å². The molecule has 0 spiro atoms. The molecule has 1 aromatic carbocycles. The fourth-order valence-corrected chi connectivity index (χ4v) is 3.16. The minimum absolute atomic E-state index is 0.00775. The zero-order valence-corrected chi connectivity index (χ0v) is 16.4. The van der Waals surface area contributed by atoms with E-state index in [2.05, 4.69) is 26.2 Å². The van der Waals surface area contributed by atoms with Crippen molar-refractivity contribution in [1.29, 1.82) is 0 Å². The second-order valence-corrected chi connectivity index (χ2v) is 6.51. The number of nitrogens with zero attached hydrogens (tertiary/aromatic N) is 1. The Bertz CT molecular complexity index is 999. The normalized spacial score (nSPS) is 10.8. The fraction of sp³-hybridized carbons (Fsp3) is 0.118. The second kappa shape index (κ2) is 7.65. The summed E-state index contributed by atoms with van der Waals surface area (Å²) < 4.78 is 10.9. The number of furan rings is 1. The molecule has 0 bridgehead atoms. The van der Waals surface area contributed by atoms with Gasteiger partial charge in [-0.2, -0.15) is 0 Å². The lowest BCUT2D eigenvalue weighted by Crippen LogP contribution is -2.16. The number of nitrogens with one attached hydrogen (secondary N) is 1. The Morgan fingerprint density at radius 3 is 2.58 bits per heavy atom. The molecule has 3 aromatic rings. The highest BCUT2D eigenvalue weighted by molar-refractivity contribution is 9.09. The number of methoxy groups -OCH3 is 1. The van der Waals surface area contributed by atoms with Gasteiger partial charge < -0.3 is 14.5 Å². The van der Waals surface area contributed by atoms with Crippen molar-refractivity contribution in [3.05, 3.63) is 52.0 Å². The Morgan fingerprint density at radius 1 is 1.27 bits per heavy atom. The van der Waals surface area contributed by atoms with Crippen LogP contribution in [0, 0.1) is 0 Å². The number of alkyl halides is 1. The number of aromatic nitrogens is 1. The van der Waals surface area contributed by atoms with Crippen LogP contribution in [0.3, 0.4) is 0 Å². The number of carbonyl (C=O) groups is 2. The van der Waals surface area contributed by atoms with Crippen molar-refractivity contribution in [1.82, 2.24) is 4.98 Å². The van der Waals surface area contributed by atoms with E-state index in [-0.39, 0.29) is 38.2 Å². The summed E-state index contributed by atoms with van der Waals surface area (Å²) in [7, 11) is 1.47. The first-order valence-corrected chi connectivity index (χ1v) is 9.14. The number of halogens is 3. The van der Waals surface area contributed by atoms with Gasteiger partial charge in [-0.15, -0.1) is 0 Å². The van der Waals surface area contributed by atoms with Crippen LogP contribution < -0.4 is 10.1 Å². The van der Waals surface area contributed by atoms with Gasteiger partial charge in [0, 0.05) is 17.8 Å². The van der Waals surface area contributed by atoms with Crippen LogP contribution >= 0.6 is 39.1 Å². The largest absolute Gasteiger partial charge is 0.493 e. The number of rotatable bonds is 5. The summed E-state index contributed by atoms with van der Waals surface area (Å²) >= 11 is 15.2. The lowest BCUT2D eigenvalue weighted by Gasteiger charge is -2.08. The number of pyridine rings is 1. The molecule has 0 aliphatic heterocycles. The van der Waals surface area contributed by atoms with Gasteiger partial charge in [-0.05, 0) is 6.07 Å². The molecule has 0 saturated heterocycles. The lowest BCUT2D eigenvalue weighted by atomic mass is 10.1. The van der Waals surface area contributed by atoms with Crippen LogP contribution in [-0.2, 0) is 0 Å². The van der Waals surface area contributed by atoms with E-state index in [0.717, 1.165) is 0 Å². The number of hydrogen-bond donors (Lipinski definition) is 1. The molecular formula is C17H11BrCl2N2O4. The minimum atomic E-state index is -0.587. The topological polar surface area (TPSA) is 81.4 Å². The Morgan fingerprint density at radius 2 is 1.96 bits per heavy atom. The lowest BCUT2D eigenvalue weighted by molar-refractivity contribution is 0.0970. The summed E-state index contributed by atoms with van der Waals surface area (Å²) in [6.45, 7) is 0. The number of para-hydroxylation sites is 1. The maximum atomic E-state index is 12.9. The molecule has 2 heterocycles. The summed E-state index contributed by atoms with van der Waals surface area (Å²) in [6.07, 6.45) is 2.70. The molecule has 0 saturated carbocycles. The average Bonchev–Trinajstić information content (AvgIpc) is 3.03. The van der Waals surface area contributed by atoms with Gasteiger partial charge in [0.2, 0.25) is 5.78 Å². The van der Waals surface area contributed by atoms with Crippen LogP contribution in [0.1, 0.15) is 20.9 Å². The molecule has 0 unspecified atom stereocenters. The standard InChI is InChI=1S/C17H11BrCl2N2O4/c1-25-12-4-2-3-8-13(16(11(23)5-18)26-15(8)12)17(24)22-14-9(19)6-21-7-10(14)20/h2-4,6-7H,5H2,1H3,(H,21,22,24). The zero-order valence-electron chi connectivity index (χ0n) is 13.3. The van der Waals surface area contributed by atoms with E-state index >= 15 is 0 Å². The van der Waals surface area contributed by atoms with Gasteiger partial charge >= 0.3 is 0 Å². The van der Waals surface area contributed by atoms with Crippen molar-refractivity contribution in [2.75, 3.05) is 17.8 Å². The number of anilines is 1. The van der Waals surface area contributed by atoms with Gasteiger partial charge in [0.15, 0.2) is 17.1 Å². The molecule has 0 aliphatic rings. The predicted octanol–water partition coefficient (Wildman–Crippen LogP) is 4.97. The van der Waals surface area contributed by atoms with Crippen LogP contribution in [0.2, 0.25) is 10.0 Å². The fourth-order valence-electron chi connectivity index (χ4n) is 2.44. The Hall–Kier alpha value is -2.09. The highest BCUT2D eigenvalue weighted by Gasteiger charge is 2.27. The summed E-state index contributed by atoms with van der Waals surface area (Å²) in [4.78, 5) is 29.0. The van der Waals surface area contributed by atoms with Crippen LogP contribution in [0.25, 0.3) is 11.0 Å². The van der Waals surface area contributed by atoms with Crippen LogP contribution in [0.4, 0.5) is 5.69 Å². The van der Waals surface area contributed by atoms with Crippen LogP contribution in [-0.4, -0.2) is 29.1 Å². The van der Waals surface area contributed by atoms with Gasteiger partial charge in [-0.1, -0.05) is 51.3 Å². The Labute approximate surface area is 166 Å². The van der Waals surface area contributed by atoms with Crippen molar-refractivity contribution < 1.29 is 18.7 Å². The molecule has 0 aliphatic carbocycles. The van der Waals surface area contributed by atoms with Gasteiger partial charge in [0.25, 0.3) is 5.91 Å². The number of hydrogen-bond acceptors (Lipinski definition) is 5. The summed E-state index contributed by atoms with van der Waals surface area (Å²) in [5, 5.41) is 3.39. The first-order chi connectivity index (χ1) is 12.5. The molecule has 3 rings (SSSR count). The first-order valence-electron chi connectivity index (χ1n) is 7.27. The third kappa shape index (κ3) is 3.30. The van der Waals surface area contributed by atoms with Crippen molar-refractivity contribution in [3.8, 4) is 5.75 Å². The summed E-state index contributed by atoms with van der Waals surface area (Å²) in [5.74, 6) is -0.651. The molecule has 1 amide bonds. The van der Waals surface area contributed by atoms with Gasteiger partial charge in [0.1, 0.15) is 0 Å². The third-order valence-corrected chi connectivity index (χ3v) is 4.68. The quantitative estimate of drug-likeness (QED) is 0.432. The summed E-state index contributed by atoms with van der Waals surface area (Å²) in [6, 6.07) is 5.03. The maximum Gasteiger partial charge on any atom is 0.260 e. The van der Waals surface area contributed by atoms with Crippen molar-refractivity contribution in [2.45, 2.75) is 0 Å². The van der Waals surface area contributed by atoms with E-state index in [1.807, 2.05) is 0 Å². The number of ether oxygens (including phenoxy) is 1. The van der Waals surface area contributed by atoms with Crippen molar-refractivity contribution in [3.63, 3.8) is 0 Å². The number of fused-ring (bicyclic) bond motifs is 1. The monoisotopic (exact) mass is 456 g/mol. The highest BCUT2D eigenvalue weighted by Crippen LogP contribution is 2.35. The SMILES string of the molecule is COc1cccc2c(C(=O)Nc3c(Cl)cncc3Cl)c(C(=O)CBr)oc12. The number of ketones is 1. The highest BCUT2D eigenvalue weighted by atomic mass is 79.9. The molecule has 9 heteroatoms. The Balaban J connectivity index is 2.16. The number of carbonyl (C=O) groups excluding carboxylic acids is 2. The van der Waals surface area contributed by atoms with Gasteiger partial charge in [-0.3, -0.25) is 14.6 Å². The molecule has 134 valence electrons. The van der Waals surface area contributed by atoms with Gasteiger partial charge in [-0.25, -0.2) is 0 Å². The Kier molecular flexibility index (Phi) is 5.50. The number of Topliss-reactive ketones (excluding diaryl/α,β-unsaturated/α-hetero) is 1. The van der Waals surface area contributed by atoms with E-state index in [4.69, 9.17) is 32.4 Å². The van der Waals surface area contributed by atoms with Crippen molar-refractivity contribution >= 4 is 67.5 Å². The van der Waals surface area contributed by atoms with Gasteiger partial charge in [0.05, 0.1) is 33.7 Å². The zero-order chi connectivity index (χ0) is 18.8. The van der Waals surface area contributed by atoms with Crippen LogP contribution in [0.15, 0.2) is 35.0 Å². The molecule has 0 atom stereocenters. The molecule has 0 radical (unpaired) electrons. The predicted molar refractivity (Wildman–Crippen MR) is 103 cm³/mol. The number of amides is 1. The third-order valence-electron chi connectivity index (χ3n) is 3.59. The second-order valence-electron chi connectivity index (χ2n) is 5.13. The first kappa shape index (κ1) is 18.7. The average molecular weight is 458 g/mol. The van der Waals surface area contributed by atoms with Crippen molar-refractivity contribution in [2.24, 2.45) is 0 Å². The van der Waals surface area contributed by atoms with Crippen LogP contribution in [0.5, 0.6) is 5.75 Å². The molecule has 6 nitrogen and oxygen atoms in total. The van der Waals surface area contributed by atoms with E-state index in [9.17, 15) is 9.59 Å². The molecule has 1 N–H and O–H groups in total. The van der Waals surface area contributed by atoms with E-state index in [1.165, 1.54) is 19.5 Å². The minimum Gasteiger partial charge on any atom is -0.493 e. The molecule has 26 heavy (non-hydrogen) atoms. The van der Waals surface area contributed by atoms with E-state index in [1.54, 1.807) is 18.2 Å². The molecular weight excluding hydrogens is 447 g/mol. The maximum absolute atomic E-state index is 12.9. The molecule has 2 aromatic heterocycles. The molecule has 0 fully saturated rings. The smallest absolute Gasteiger partial charge is 0.260 e. The summed E-state index contributed by atoms with van der Waals surface area (Å²) in [5.41, 5.74) is 0.575. The van der Waals surface area contributed by atoms with E-state index < -0.39 is 5.91 Å².